The number of anilines is 1. The van der Waals surface area contributed by atoms with Crippen molar-refractivity contribution in [2.24, 2.45) is 11.3 Å². The number of benzene rings is 2. The monoisotopic (exact) mass is 545 g/mol. The number of carboxylic acid groups (broad SMARTS) is 1. The summed E-state index contributed by atoms with van der Waals surface area (Å²) in [6.07, 6.45) is 2.96. The van der Waals surface area contributed by atoms with Gasteiger partial charge in [0.1, 0.15) is 12.4 Å². The first-order chi connectivity index (χ1) is 18.9. The maximum absolute atomic E-state index is 11.7. The number of carboxylic acids is 1. The van der Waals surface area contributed by atoms with E-state index in [1.165, 1.54) is 22.3 Å². The number of aliphatic carboxylic acids is 1. The molecule has 3 aromatic rings. The van der Waals surface area contributed by atoms with E-state index in [0.717, 1.165) is 79.8 Å². The number of piperidine rings is 1. The summed E-state index contributed by atoms with van der Waals surface area (Å²) in [7, 11) is 0. The normalized spacial score (nSPS) is 24.6. The number of carbonyl (C=O) groups is 1. The fourth-order valence-corrected chi connectivity index (χ4v) is 7.49. The number of aromatic nitrogens is 1. The highest BCUT2D eigenvalue weighted by Gasteiger charge is 2.65. The maximum Gasteiger partial charge on any atom is 0.311 e. The molecule has 1 saturated carbocycles. The number of thiazole rings is 1. The Morgan fingerprint density at radius 2 is 2.05 bits per heavy atom. The van der Waals surface area contributed by atoms with Crippen LogP contribution >= 0.6 is 11.3 Å². The minimum Gasteiger partial charge on any atom is -0.488 e. The highest BCUT2D eigenvalue weighted by molar-refractivity contribution is 7.14. The van der Waals surface area contributed by atoms with Crippen molar-refractivity contribution in [3.63, 3.8) is 0 Å². The minimum atomic E-state index is -0.667. The van der Waals surface area contributed by atoms with Crippen molar-refractivity contribution in [1.82, 2.24) is 9.88 Å². The second-order valence-electron chi connectivity index (χ2n) is 11.8. The number of hydrogen-bond acceptors (Lipinski definition) is 7. The van der Waals surface area contributed by atoms with Crippen LogP contribution in [0.2, 0.25) is 0 Å². The summed E-state index contributed by atoms with van der Waals surface area (Å²) >= 11 is 1.59. The summed E-state index contributed by atoms with van der Waals surface area (Å²) in [4.78, 5) is 21.4. The van der Waals surface area contributed by atoms with Gasteiger partial charge in [-0.3, -0.25) is 9.69 Å². The third-order valence-corrected chi connectivity index (χ3v) is 10.3. The molecule has 0 radical (unpaired) electrons. The average Bonchev–Trinajstić information content (AvgIpc) is 3.24. The number of rotatable bonds is 7. The van der Waals surface area contributed by atoms with Crippen LogP contribution in [-0.4, -0.2) is 66.4 Å². The molecule has 3 aliphatic heterocycles. The van der Waals surface area contributed by atoms with Crippen LogP contribution in [0.1, 0.15) is 34.2 Å². The van der Waals surface area contributed by atoms with Gasteiger partial charge in [0, 0.05) is 37.1 Å². The summed E-state index contributed by atoms with van der Waals surface area (Å²) in [5, 5.41) is 12.6. The van der Waals surface area contributed by atoms with Gasteiger partial charge >= 0.3 is 5.97 Å². The second kappa shape index (κ2) is 9.61. The average molecular weight is 546 g/mol. The zero-order valence-corrected chi connectivity index (χ0v) is 23.4. The number of hydrogen-bond donors (Lipinski definition) is 1. The van der Waals surface area contributed by atoms with E-state index in [9.17, 15) is 9.90 Å². The molecule has 2 atom stereocenters. The molecule has 0 spiro atoms. The van der Waals surface area contributed by atoms with E-state index in [-0.39, 0.29) is 5.92 Å². The van der Waals surface area contributed by atoms with Gasteiger partial charge in [-0.05, 0) is 73.4 Å². The Hall–Kier alpha value is -2.94. The van der Waals surface area contributed by atoms with Crippen molar-refractivity contribution in [3.05, 3.63) is 63.5 Å². The van der Waals surface area contributed by atoms with E-state index in [4.69, 9.17) is 14.5 Å². The Morgan fingerprint density at radius 1 is 1.21 bits per heavy atom. The van der Waals surface area contributed by atoms with Crippen LogP contribution in [0.4, 0.5) is 5.13 Å². The smallest absolute Gasteiger partial charge is 0.311 e. The topological polar surface area (TPSA) is 75.1 Å². The van der Waals surface area contributed by atoms with Crippen molar-refractivity contribution < 1.29 is 19.4 Å². The van der Waals surface area contributed by atoms with Crippen LogP contribution in [0.3, 0.4) is 0 Å². The molecule has 1 N–H and O–H groups in total. The zero-order valence-electron chi connectivity index (χ0n) is 22.6. The largest absolute Gasteiger partial charge is 0.488 e. The lowest BCUT2D eigenvalue weighted by molar-refractivity contribution is -0.143. The van der Waals surface area contributed by atoms with Crippen molar-refractivity contribution in [3.8, 4) is 17.0 Å². The number of fused-ring (bicyclic) bond motifs is 2. The van der Waals surface area contributed by atoms with Crippen LogP contribution in [0.5, 0.6) is 5.75 Å². The summed E-state index contributed by atoms with van der Waals surface area (Å²) < 4.78 is 11.9. The molecule has 39 heavy (non-hydrogen) atoms. The fraction of sp³-hybridized carbons (Fsp3) is 0.484. The minimum absolute atomic E-state index is 0.250. The molecule has 204 valence electrons. The van der Waals surface area contributed by atoms with E-state index in [2.05, 4.69) is 53.3 Å². The fourth-order valence-electron chi connectivity index (χ4n) is 6.65. The molecule has 0 bridgehead atoms. The van der Waals surface area contributed by atoms with Crippen LogP contribution in [0.25, 0.3) is 11.3 Å². The van der Waals surface area contributed by atoms with Gasteiger partial charge in [0.2, 0.25) is 0 Å². The molecule has 0 amide bonds. The van der Waals surface area contributed by atoms with Crippen molar-refractivity contribution in [1.29, 1.82) is 0 Å². The molecule has 7 nitrogen and oxygen atoms in total. The Kier molecular flexibility index (Phi) is 6.17. The maximum atomic E-state index is 11.7. The quantitative estimate of drug-likeness (QED) is 0.461. The summed E-state index contributed by atoms with van der Waals surface area (Å²) in [6.45, 7) is 10.1. The number of aryl methyl sites for hydroxylation is 1. The van der Waals surface area contributed by atoms with Crippen LogP contribution in [0.15, 0.2) is 35.7 Å². The first kappa shape index (κ1) is 25.1. The van der Waals surface area contributed by atoms with Gasteiger partial charge in [0.05, 0.1) is 30.4 Å². The summed E-state index contributed by atoms with van der Waals surface area (Å²) in [5.41, 5.74) is 8.00. The highest BCUT2D eigenvalue weighted by Crippen LogP contribution is 2.58. The highest BCUT2D eigenvalue weighted by atomic mass is 32.1. The van der Waals surface area contributed by atoms with Crippen molar-refractivity contribution in [2.45, 2.75) is 45.8 Å². The van der Waals surface area contributed by atoms with Crippen molar-refractivity contribution >= 4 is 22.4 Å². The van der Waals surface area contributed by atoms with E-state index >= 15 is 0 Å². The van der Waals surface area contributed by atoms with Gasteiger partial charge in [-0.15, -0.1) is 11.3 Å². The standard InChI is InChI=1S/C31H35N3O4S/c1-19-3-6-28(26(11-19)27-17-39-30(32-27)34-13-23-12-31(23,18-34)29(35)36)38-14-22-5-4-21-7-9-33(24-15-37-16-24)10-8-25(21)20(22)2/h3-6,11,17,23-24H,7-10,12-16,18H2,1-2H3,(H,35,36)/t23-,31-/m0/s1. The van der Waals surface area contributed by atoms with Crippen LogP contribution in [0, 0.1) is 25.2 Å². The van der Waals surface area contributed by atoms with Crippen LogP contribution in [-0.2, 0) is 29.0 Å². The predicted octanol–water partition coefficient (Wildman–Crippen LogP) is 4.72. The Bertz CT molecular complexity index is 1430. The van der Waals surface area contributed by atoms with E-state index < -0.39 is 11.4 Å². The molecule has 4 heterocycles. The molecule has 7 rings (SSSR count). The third kappa shape index (κ3) is 4.42. The Labute approximate surface area is 233 Å². The molecular formula is C31H35N3O4S. The van der Waals surface area contributed by atoms with Gasteiger partial charge in [0.25, 0.3) is 0 Å². The summed E-state index contributed by atoms with van der Waals surface area (Å²) in [5.74, 6) is 0.411. The number of nitrogens with zero attached hydrogens (tertiary/aromatic N) is 3. The second-order valence-corrected chi connectivity index (χ2v) is 12.6. The van der Waals surface area contributed by atoms with E-state index in [1.54, 1.807) is 11.3 Å². The van der Waals surface area contributed by atoms with Crippen LogP contribution < -0.4 is 9.64 Å². The molecule has 2 saturated heterocycles. The lowest BCUT2D eigenvalue weighted by atomic mass is 9.94. The first-order valence-corrected chi connectivity index (χ1v) is 14.9. The van der Waals surface area contributed by atoms with Gasteiger partial charge in [-0.2, -0.15) is 0 Å². The lowest BCUT2D eigenvalue weighted by Crippen LogP contribution is -2.49. The van der Waals surface area contributed by atoms with Gasteiger partial charge < -0.3 is 19.5 Å². The molecule has 8 heteroatoms. The molecule has 4 aliphatic rings. The molecular weight excluding hydrogens is 510 g/mol. The molecule has 3 fully saturated rings. The van der Waals surface area contributed by atoms with Gasteiger partial charge in [-0.25, -0.2) is 4.98 Å². The van der Waals surface area contributed by atoms with E-state index in [1.807, 2.05) is 6.07 Å². The molecule has 1 aliphatic carbocycles. The lowest BCUT2D eigenvalue weighted by Gasteiger charge is -2.36. The Balaban J connectivity index is 1.08. The number of ether oxygens (including phenoxy) is 2. The SMILES string of the molecule is Cc1ccc(OCc2ccc3c(c2C)CCN(C2COC2)CC3)c(-c2csc(N3C[C@@H]4C[C@]4(C(=O)O)C3)n2)c1. The van der Waals surface area contributed by atoms with Crippen molar-refractivity contribution in [2.75, 3.05) is 44.3 Å². The summed E-state index contributed by atoms with van der Waals surface area (Å²) in [6, 6.07) is 11.4. The Morgan fingerprint density at radius 3 is 2.82 bits per heavy atom. The third-order valence-electron chi connectivity index (χ3n) is 9.39. The zero-order chi connectivity index (χ0) is 26.7. The first-order valence-electron chi connectivity index (χ1n) is 14.0. The van der Waals surface area contributed by atoms with Gasteiger partial charge in [-0.1, -0.05) is 23.8 Å². The molecule has 0 unspecified atom stereocenters. The predicted molar refractivity (Wildman–Crippen MR) is 152 cm³/mol. The molecule has 1 aromatic heterocycles. The van der Waals surface area contributed by atoms with E-state index in [0.29, 0.717) is 19.2 Å². The molecule has 2 aromatic carbocycles. The van der Waals surface area contributed by atoms with Gasteiger partial charge in [0.15, 0.2) is 5.13 Å².